The number of benzene rings is 1. The van der Waals surface area contributed by atoms with Gasteiger partial charge in [-0.2, -0.15) is 0 Å². The molecule has 1 aromatic carbocycles. The second kappa shape index (κ2) is 8.41. The van der Waals surface area contributed by atoms with Crippen molar-refractivity contribution >= 4 is 29.9 Å². The first-order chi connectivity index (χ1) is 8.50. The van der Waals surface area contributed by atoms with Gasteiger partial charge in [0.05, 0.1) is 5.41 Å². The van der Waals surface area contributed by atoms with Crippen LogP contribution in [0.3, 0.4) is 0 Å². The first kappa shape index (κ1) is 18.2. The Kier molecular flexibility index (Phi) is 8.07. The van der Waals surface area contributed by atoms with E-state index in [1.54, 1.807) is 0 Å². The number of carbonyl (C=O) groups excluding carboxylic acids is 1. The second-order valence-corrected chi connectivity index (χ2v) is 5.12. The number of hydrogen-bond acceptors (Lipinski definition) is 2. The Bertz CT molecular complexity index is 408. The van der Waals surface area contributed by atoms with Crippen LogP contribution >= 0.6 is 24.0 Å². The lowest BCUT2D eigenvalue weighted by Crippen LogP contribution is -2.42. The molecule has 2 N–H and O–H groups in total. The van der Waals surface area contributed by atoms with E-state index in [1.165, 1.54) is 0 Å². The van der Waals surface area contributed by atoms with Gasteiger partial charge in [0.15, 0.2) is 0 Å². The van der Waals surface area contributed by atoms with Crippen molar-refractivity contribution in [2.45, 2.75) is 26.2 Å². The number of likely N-dealkylation sites (N-methyl/N-ethyl adjacent to an activating group) is 1. The van der Waals surface area contributed by atoms with Crippen LogP contribution in [0.25, 0.3) is 0 Å². The molecule has 0 bridgehead atoms. The molecular formula is C14H22Cl2N2O. The van der Waals surface area contributed by atoms with E-state index < -0.39 is 5.41 Å². The summed E-state index contributed by atoms with van der Waals surface area (Å²) >= 11 is 6.14. The molecule has 1 amide bonds. The lowest BCUT2D eigenvalue weighted by molar-refractivity contribution is -0.125. The zero-order valence-electron chi connectivity index (χ0n) is 11.6. The van der Waals surface area contributed by atoms with Gasteiger partial charge in [-0.3, -0.25) is 4.79 Å². The zero-order chi connectivity index (χ0) is 13.6. The van der Waals surface area contributed by atoms with Crippen molar-refractivity contribution in [2.75, 3.05) is 19.6 Å². The molecule has 1 rings (SSSR count). The molecule has 0 aliphatic carbocycles. The third kappa shape index (κ3) is 5.01. The Morgan fingerprint density at radius 3 is 2.47 bits per heavy atom. The maximum absolute atomic E-state index is 12.2. The van der Waals surface area contributed by atoms with Crippen molar-refractivity contribution in [3.63, 3.8) is 0 Å². The Labute approximate surface area is 126 Å². The fourth-order valence-electron chi connectivity index (χ4n) is 1.75. The van der Waals surface area contributed by atoms with E-state index in [-0.39, 0.29) is 18.3 Å². The van der Waals surface area contributed by atoms with Gasteiger partial charge in [-0.15, -0.1) is 12.4 Å². The van der Waals surface area contributed by atoms with Crippen molar-refractivity contribution < 1.29 is 4.79 Å². The molecule has 0 aliphatic rings. The van der Waals surface area contributed by atoms with Gasteiger partial charge < -0.3 is 10.6 Å². The molecule has 3 nitrogen and oxygen atoms in total. The van der Waals surface area contributed by atoms with Gasteiger partial charge >= 0.3 is 0 Å². The molecule has 1 aromatic rings. The average Bonchev–Trinajstić information content (AvgIpc) is 2.34. The Hall–Kier alpha value is -0.770. The Balaban J connectivity index is 0.00000324. The van der Waals surface area contributed by atoms with Crippen molar-refractivity contribution in [2.24, 2.45) is 0 Å². The summed E-state index contributed by atoms with van der Waals surface area (Å²) in [6, 6.07) is 7.47. The summed E-state index contributed by atoms with van der Waals surface area (Å²) in [6.45, 7) is 8.12. The normalized spacial score (nSPS) is 10.7. The van der Waals surface area contributed by atoms with Gasteiger partial charge in [-0.1, -0.05) is 36.7 Å². The van der Waals surface area contributed by atoms with Gasteiger partial charge in [0.2, 0.25) is 5.91 Å². The fraction of sp³-hybridized carbons (Fsp3) is 0.500. The number of rotatable bonds is 6. The first-order valence-corrected chi connectivity index (χ1v) is 6.62. The highest BCUT2D eigenvalue weighted by molar-refractivity contribution is 6.31. The summed E-state index contributed by atoms with van der Waals surface area (Å²) in [5.74, 6) is -0.00602. The van der Waals surface area contributed by atoms with E-state index >= 15 is 0 Å². The molecule has 0 aromatic heterocycles. The molecule has 0 saturated carbocycles. The molecule has 0 atom stereocenters. The summed E-state index contributed by atoms with van der Waals surface area (Å²) in [7, 11) is 0. The monoisotopic (exact) mass is 304 g/mol. The molecular weight excluding hydrogens is 283 g/mol. The molecule has 0 unspecified atom stereocenters. The maximum atomic E-state index is 12.2. The lowest BCUT2D eigenvalue weighted by atomic mass is 9.83. The second-order valence-electron chi connectivity index (χ2n) is 4.71. The zero-order valence-corrected chi connectivity index (χ0v) is 13.2. The van der Waals surface area contributed by atoms with E-state index in [9.17, 15) is 4.79 Å². The highest BCUT2D eigenvalue weighted by Crippen LogP contribution is 2.29. The molecule has 108 valence electrons. The highest BCUT2D eigenvalue weighted by atomic mass is 35.5. The molecule has 0 aliphatic heterocycles. The van der Waals surface area contributed by atoms with Crippen LogP contribution in [0.15, 0.2) is 24.3 Å². The van der Waals surface area contributed by atoms with Crippen LogP contribution in [0, 0.1) is 0 Å². The van der Waals surface area contributed by atoms with Crippen LogP contribution in [0.1, 0.15) is 26.3 Å². The molecule has 0 saturated heterocycles. The van der Waals surface area contributed by atoms with Gasteiger partial charge in [0.1, 0.15) is 0 Å². The van der Waals surface area contributed by atoms with E-state index in [2.05, 4.69) is 10.6 Å². The standard InChI is InChI=1S/C14H21ClN2O.ClH/c1-4-16-9-10-17-13(18)14(2,3)11-7-5-6-8-12(11)15;/h5-8,16H,4,9-10H2,1-3H3,(H,17,18);1H. The smallest absolute Gasteiger partial charge is 0.230 e. The minimum atomic E-state index is -0.620. The largest absolute Gasteiger partial charge is 0.354 e. The van der Waals surface area contributed by atoms with E-state index in [1.807, 2.05) is 45.0 Å². The van der Waals surface area contributed by atoms with Crippen LogP contribution in [-0.4, -0.2) is 25.5 Å². The summed E-state index contributed by atoms with van der Waals surface area (Å²) in [5.41, 5.74) is 0.234. The van der Waals surface area contributed by atoms with Gasteiger partial charge in [0, 0.05) is 18.1 Å². The quantitative estimate of drug-likeness (QED) is 0.794. The predicted octanol–water partition coefficient (Wildman–Crippen LogP) is 2.77. The van der Waals surface area contributed by atoms with Gasteiger partial charge in [-0.25, -0.2) is 0 Å². The minimum Gasteiger partial charge on any atom is -0.354 e. The van der Waals surface area contributed by atoms with Crippen LogP contribution in [-0.2, 0) is 10.2 Å². The van der Waals surface area contributed by atoms with Crippen molar-refractivity contribution in [3.05, 3.63) is 34.9 Å². The average molecular weight is 305 g/mol. The van der Waals surface area contributed by atoms with Crippen LogP contribution in [0.4, 0.5) is 0 Å². The third-order valence-electron chi connectivity index (χ3n) is 2.95. The number of halogens is 2. The summed E-state index contributed by atoms with van der Waals surface area (Å²) in [5, 5.41) is 6.72. The Morgan fingerprint density at radius 1 is 1.26 bits per heavy atom. The van der Waals surface area contributed by atoms with Crippen molar-refractivity contribution in [1.82, 2.24) is 10.6 Å². The highest BCUT2D eigenvalue weighted by Gasteiger charge is 2.31. The topological polar surface area (TPSA) is 41.1 Å². The minimum absolute atomic E-state index is 0. The number of hydrogen-bond donors (Lipinski definition) is 2. The lowest BCUT2D eigenvalue weighted by Gasteiger charge is -2.25. The van der Waals surface area contributed by atoms with Crippen LogP contribution in [0.2, 0.25) is 5.02 Å². The van der Waals surface area contributed by atoms with E-state index in [0.29, 0.717) is 11.6 Å². The van der Waals surface area contributed by atoms with Crippen molar-refractivity contribution in [1.29, 1.82) is 0 Å². The van der Waals surface area contributed by atoms with E-state index in [0.717, 1.165) is 18.7 Å². The Morgan fingerprint density at radius 2 is 1.89 bits per heavy atom. The molecule has 0 radical (unpaired) electrons. The third-order valence-corrected chi connectivity index (χ3v) is 3.28. The molecule has 0 heterocycles. The SMILES string of the molecule is CCNCCNC(=O)C(C)(C)c1ccccc1Cl.Cl. The van der Waals surface area contributed by atoms with Gasteiger partial charge in [0.25, 0.3) is 0 Å². The van der Waals surface area contributed by atoms with E-state index in [4.69, 9.17) is 11.6 Å². The van der Waals surface area contributed by atoms with Gasteiger partial charge in [-0.05, 0) is 32.0 Å². The van der Waals surface area contributed by atoms with Crippen LogP contribution < -0.4 is 10.6 Å². The number of nitrogens with one attached hydrogen (secondary N) is 2. The van der Waals surface area contributed by atoms with Crippen LogP contribution in [0.5, 0.6) is 0 Å². The maximum Gasteiger partial charge on any atom is 0.230 e. The summed E-state index contributed by atoms with van der Waals surface area (Å²) < 4.78 is 0. The molecule has 19 heavy (non-hydrogen) atoms. The molecule has 0 spiro atoms. The summed E-state index contributed by atoms with van der Waals surface area (Å²) in [6.07, 6.45) is 0. The summed E-state index contributed by atoms with van der Waals surface area (Å²) in [4.78, 5) is 12.2. The fourth-order valence-corrected chi connectivity index (χ4v) is 2.12. The first-order valence-electron chi connectivity index (χ1n) is 6.24. The van der Waals surface area contributed by atoms with Crippen molar-refractivity contribution in [3.8, 4) is 0 Å². The number of carbonyl (C=O) groups is 1. The number of amides is 1. The molecule has 0 fully saturated rings. The predicted molar refractivity (Wildman–Crippen MR) is 83.3 cm³/mol. The molecule has 5 heteroatoms.